The molecule has 112 valence electrons. The van der Waals surface area contributed by atoms with Crippen LogP contribution in [-0.2, 0) is 23.1 Å². The van der Waals surface area contributed by atoms with Crippen molar-refractivity contribution in [1.82, 2.24) is 14.7 Å². The SMILES string of the molecule is CCOC(=O)c1cnn(C)c1CN1CCOC(CO)C1. The topological polar surface area (TPSA) is 76.8 Å². The zero-order valence-corrected chi connectivity index (χ0v) is 11.9. The van der Waals surface area contributed by atoms with Crippen LogP contribution >= 0.6 is 0 Å². The van der Waals surface area contributed by atoms with E-state index in [0.717, 1.165) is 12.2 Å². The molecular weight excluding hydrogens is 262 g/mol. The summed E-state index contributed by atoms with van der Waals surface area (Å²) < 4.78 is 12.1. The molecule has 1 saturated heterocycles. The summed E-state index contributed by atoms with van der Waals surface area (Å²) in [5.41, 5.74) is 1.32. The molecule has 1 aromatic heterocycles. The smallest absolute Gasteiger partial charge is 0.341 e. The van der Waals surface area contributed by atoms with Gasteiger partial charge in [0.05, 0.1) is 37.8 Å². The Kier molecular flexibility index (Phi) is 5.11. The van der Waals surface area contributed by atoms with Crippen molar-refractivity contribution in [3.8, 4) is 0 Å². The molecule has 1 N–H and O–H groups in total. The van der Waals surface area contributed by atoms with Crippen molar-refractivity contribution in [1.29, 1.82) is 0 Å². The first-order valence-corrected chi connectivity index (χ1v) is 6.78. The second-order valence-electron chi connectivity index (χ2n) is 4.76. The van der Waals surface area contributed by atoms with Crippen molar-refractivity contribution in [3.05, 3.63) is 17.5 Å². The zero-order valence-electron chi connectivity index (χ0n) is 11.9. The third-order valence-electron chi connectivity index (χ3n) is 3.36. The molecule has 7 heteroatoms. The van der Waals surface area contributed by atoms with Crippen molar-refractivity contribution in [2.24, 2.45) is 7.05 Å². The normalized spacial score (nSPS) is 20.1. The van der Waals surface area contributed by atoms with Crippen molar-refractivity contribution < 1.29 is 19.4 Å². The molecule has 1 aliphatic heterocycles. The van der Waals surface area contributed by atoms with Gasteiger partial charge < -0.3 is 14.6 Å². The minimum atomic E-state index is -0.345. The summed E-state index contributed by atoms with van der Waals surface area (Å²) in [5, 5.41) is 13.3. The number of carbonyl (C=O) groups excluding carboxylic acids is 1. The van der Waals surface area contributed by atoms with Gasteiger partial charge in [0.2, 0.25) is 0 Å². The highest BCUT2D eigenvalue weighted by molar-refractivity contribution is 5.90. The summed E-state index contributed by atoms with van der Waals surface area (Å²) in [6.45, 7) is 4.71. The number of ether oxygens (including phenoxy) is 2. The largest absolute Gasteiger partial charge is 0.462 e. The van der Waals surface area contributed by atoms with Gasteiger partial charge in [-0.05, 0) is 6.92 Å². The lowest BCUT2D eigenvalue weighted by molar-refractivity contribution is -0.0556. The second-order valence-corrected chi connectivity index (χ2v) is 4.76. The van der Waals surface area contributed by atoms with Crippen molar-refractivity contribution in [3.63, 3.8) is 0 Å². The van der Waals surface area contributed by atoms with Gasteiger partial charge in [-0.3, -0.25) is 9.58 Å². The number of esters is 1. The molecule has 0 radical (unpaired) electrons. The number of morpholine rings is 1. The monoisotopic (exact) mass is 283 g/mol. The number of carbonyl (C=O) groups is 1. The summed E-state index contributed by atoms with van der Waals surface area (Å²) in [5.74, 6) is -0.345. The van der Waals surface area contributed by atoms with Crippen LogP contribution < -0.4 is 0 Å². The van der Waals surface area contributed by atoms with Gasteiger partial charge in [0.25, 0.3) is 0 Å². The molecule has 0 amide bonds. The van der Waals surface area contributed by atoms with E-state index in [4.69, 9.17) is 14.6 Å². The standard InChI is InChI=1S/C13H21N3O4/c1-3-19-13(18)11-6-14-15(2)12(11)8-16-4-5-20-10(7-16)9-17/h6,10,17H,3-5,7-9H2,1-2H3. The molecule has 0 aromatic carbocycles. The number of hydrogen-bond acceptors (Lipinski definition) is 6. The van der Waals surface area contributed by atoms with E-state index in [0.29, 0.717) is 31.9 Å². The third-order valence-corrected chi connectivity index (χ3v) is 3.36. The molecule has 0 saturated carbocycles. The van der Waals surface area contributed by atoms with E-state index < -0.39 is 0 Å². The fraction of sp³-hybridized carbons (Fsp3) is 0.692. The molecule has 0 aliphatic carbocycles. The molecular formula is C13H21N3O4. The Labute approximate surface area is 118 Å². The van der Waals surface area contributed by atoms with Crippen molar-refractivity contribution >= 4 is 5.97 Å². The number of aliphatic hydroxyl groups is 1. The van der Waals surface area contributed by atoms with Gasteiger partial charge >= 0.3 is 5.97 Å². The van der Waals surface area contributed by atoms with Gasteiger partial charge in [0, 0.05) is 26.7 Å². The number of aryl methyl sites for hydroxylation is 1. The predicted molar refractivity (Wildman–Crippen MR) is 71.3 cm³/mol. The quantitative estimate of drug-likeness (QED) is 0.754. The predicted octanol–water partition coefficient (Wildman–Crippen LogP) is -0.210. The van der Waals surface area contributed by atoms with Gasteiger partial charge in [-0.15, -0.1) is 0 Å². The summed E-state index contributed by atoms with van der Waals surface area (Å²) in [7, 11) is 1.81. The van der Waals surface area contributed by atoms with Crippen LogP contribution in [0.5, 0.6) is 0 Å². The average Bonchev–Trinajstić information content (AvgIpc) is 2.81. The van der Waals surface area contributed by atoms with Crippen molar-refractivity contribution in [2.45, 2.75) is 19.6 Å². The van der Waals surface area contributed by atoms with E-state index in [1.165, 1.54) is 6.20 Å². The highest BCUT2D eigenvalue weighted by Gasteiger charge is 2.24. The first-order chi connectivity index (χ1) is 9.65. The van der Waals surface area contributed by atoms with Crippen LogP contribution in [0.15, 0.2) is 6.20 Å². The fourth-order valence-electron chi connectivity index (χ4n) is 2.28. The van der Waals surface area contributed by atoms with Gasteiger partial charge in [-0.2, -0.15) is 5.10 Å². The van der Waals surface area contributed by atoms with Gasteiger partial charge in [0.15, 0.2) is 0 Å². The molecule has 2 rings (SSSR count). The van der Waals surface area contributed by atoms with Crippen LogP contribution in [0.4, 0.5) is 0 Å². The summed E-state index contributed by atoms with van der Waals surface area (Å²) >= 11 is 0. The highest BCUT2D eigenvalue weighted by atomic mass is 16.5. The maximum absolute atomic E-state index is 11.9. The van der Waals surface area contributed by atoms with Crippen LogP contribution in [0, 0.1) is 0 Å². The van der Waals surface area contributed by atoms with Crippen LogP contribution in [0.2, 0.25) is 0 Å². The molecule has 1 atom stereocenters. The maximum Gasteiger partial charge on any atom is 0.341 e. The van der Waals surface area contributed by atoms with Crippen LogP contribution in [0.1, 0.15) is 23.0 Å². The Morgan fingerprint density at radius 3 is 3.15 bits per heavy atom. The Morgan fingerprint density at radius 2 is 2.45 bits per heavy atom. The first kappa shape index (κ1) is 15.0. The van der Waals surface area contributed by atoms with E-state index in [9.17, 15) is 4.79 Å². The molecule has 7 nitrogen and oxygen atoms in total. The van der Waals surface area contributed by atoms with E-state index in [1.54, 1.807) is 11.6 Å². The Balaban J connectivity index is 2.08. The summed E-state index contributed by atoms with van der Waals surface area (Å²) in [4.78, 5) is 14.0. The van der Waals surface area contributed by atoms with E-state index in [-0.39, 0.29) is 18.7 Å². The Bertz CT molecular complexity index is 460. The van der Waals surface area contributed by atoms with Crippen LogP contribution in [-0.4, -0.2) is 64.8 Å². The first-order valence-electron chi connectivity index (χ1n) is 6.78. The summed E-state index contributed by atoms with van der Waals surface area (Å²) in [6, 6.07) is 0. The lowest BCUT2D eigenvalue weighted by Gasteiger charge is -2.32. The Hall–Kier alpha value is -1.44. The number of nitrogens with zero attached hydrogens (tertiary/aromatic N) is 3. The van der Waals surface area contributed by atoms with Crippen molar-refractivity contribution in [2.75, 3.05) is 32.9 Å². The lowest BCUT2D eigenvalue weighted by atomic mass is 10.2. The second kappa shape index (κ2) is 6.83. The minimum Gasteiger partial charge on any atom is -0.462 e. The zero-order chi connectivity index (χ0) is 14.5. The molecule has 1 aliphatic rings. The third kappa shape index (κ3) is 3.36. The summed E-state index contributed by atoms with van der Waals surface area (Å²) in [6.07, 6.45) is 1.38. The van der Waals surface area contributed by atoms with E-state index >= 15 is 0 Å². The molecule has 1 unspecified atom stereocenters. The van der Waals surface area contributed by atoms with Gasteiger partial charge in [0.1, 0.15) is 5.56 Å². The lowest BCUT2D eigenvalue weighted by Crippen LogP contribution is -2.43. The molecule has 20 heavy (non-hydrogen) atoms. The minimum absolute atomic E-state index is 0.00657. The Morgan fingerprint density at radius 1 is 1.65 bits per heavy atom. The van der Waals surface area contributed by atoms with Crippen LogP contribution in [0.3, 0.4) is 0 Å². The molecule has 1 aromatic rings. The highest BCUT2D eigenvalue weighted by Crippen LogP contribution is 2.15. The number of aliphatic hydroxyl groups excluding tert-OH is 1. The molecule has 1 fully saturated rings. The molecule has 0 bridgehead atoms. The van der Waals surface area contributed by atoms with Crippen LogP contribution in [0.25, 0.3) is 0 Å². The molecule has 2 heterocycles. The van der Waals surface area contributed by atoms with E-state index in [1.807, 2.05) is 7.05 Å². The number of rotatable bonds is 5. The van der Waals surface area contributed by atoms with Gasteiger partial charge in [-0.1, -0.05) is 0 Å². The maximum atomic E-state index is 11.9. The van der Waals surface area contributed by atoms with Gasteiger partial charge in [-0.25, -0.2) is 4.79 Å². The number of hydrogen-bond donors (Lipinski definition) is 1. The average molecular weight is 283 g/mol. The molecule has 0 spiro atoms. The van der Waals surface area contributed by atoms with E-state index in [2.05, 4.69) is 10.00 Å². The number of aromatic nitrogens is 2. The fourth-order valence-corrected chi connectivity index (χ4v) is 2.28.